The number of amides is 1. The average molecular weight is 437 g/mol. The summed E-state index contributed by atoms with van der Waals surface area (Å²) in [6, 6.07) is 2.09. The molecule has 2 saturated heterocycles. The van der Waals surface area contributed by atoms with Crippen molar-refractivity contribution in [2.75, 3.05) is 43.1 Å². The number of ether oxygens (including phenoxy) is 2. The molecule has 0 unspecified atom stereocenters. The highest BCUT2D eigenvalue weighted by atomic mass is 32.1. The van der Waals surface area contributed by atoms with Crippen LogP contribution in [0.2, 0.25) is 0 Å². The second-order valence-electron chi connectivity index (χ2n) is 7.48. The molecule has 0 bridgehead atoms. The fourth-order valence-corrected chi connectivity index (χ4v) is 4.62. The first-order valence-electron chi connectivity index (χ1n) is 9.96. The van der Waals surface area contributed by atoms with Crippen LogP contribution in [0.15, 0.2) is 12.4 Å². The van der Waals surface area contributed by atoms with Crippen molar-refractivity contribution in [3.63, 3.8) is 0 Å². The van der Waals surface area contributed by atoms with Crippen LogP contribution in [-0.2, 0) is 16.1 Å². The third-order valence-electron chi connectivity index (χ3n) is 5.19. The van der Waals surface area contributed by atoms with E-state index in [1.165, 1.54) is 13.3 Å². The second-order valence-corrected chi connectivity index (χ2v) is 8.57. The maximum absolute atomic E-state index is 14.2. The van der Waals surface area contributed by atoms with Gasteiger partial charge in [0, 0.05) is 51.6 Å². The number of likely N-dealkylation sites (tertiary alicyclic amines) is 1. The molecule has 30 heavy (non-hydrogen) atoms. The topological polar surface area (TPSA) is 92.7 Å². The lowest BCUT2D eigenvalue weighted by Crippen LogP contribution is -2.36. The number of carbonyl (C=O) groups excluding carboxylic acids is 1. The fourth-order valence-electron chi connectivity index (χ4n) is 3.70. The SMILES string of the molecule is CC(=O)Nc1nc(F)c(CN2C[C@H](Oc3cc(N4CCOCC4)ncn3)C[C@@H]2C)s1. The standard InChI is InChI=1S/C19H25FN6O3S/c1-12-7-14(9-26(12)10-15-18(20)24-19(30-15)23-13(2)27)29-17-8-16(21-11-22-17)25-3-5-28-6-4-25/h8,11-12,14H,3-7,9-10H2,1-2H3,(H,23,24,27)/t12-,14+/m0/s1. The van der Waals surface area contributed by atoms with Crippen LogP contribution in [-0.4, -0.2) is 70.8 Å². The minimum atomic E-state index is -0.536. The molecular formula is C19H25FN6O3S. The van der Waals surface area contributed by atoms with Crippen LogP contribution in [0, 0.1) is 5.95 Å². The molecular weight excluding hydrogens is 411 g/mol. The van der Waals surface area contributed by atoms with Crippen LogP contribution in [0.3, 0.4) is 0 Å². The van der Waals surface area contributed by atoms with Gasteiger partial charge < -0.3 is 19.7 Å². The number of nitrogens with zero attached hydrogens (tertiary/aromatic N) is 5. The molecule has 0 saturated carbocycles. The fraction of sp³-hybridized carbons (Fsp3) is 0.579. The summed E-state index contributed by atoms with van der Waals surface area (Å²) in [4.78, 5) is 28.4. The van der Waals surface area contributed by atoms with E-state index in [9.17, 15) is 9.18 Å². The van der Waals surface area contributed by atoms with Crippen LogP contribution in [0.1, 0.15) is 25.1 Å². The van der Waals surface area contributed by atoms with Gasteiger partial charge in [-0.1, -0.05) is 11.3 Å². The van der Waals surface area contributed by atoms with Crippen LogP contribution in [0.25, 0.3) is 0 Å². The minimum Gasteiger partial charge on any atom is -0.473 e. The number of hydrogen-bond acceptors (Lipinski definition) is 9. The zero-order valence-corrected chi connectivity index (χ0v) is 17.8. The van der Waals surface area contributed by atoms with Crippen LogP contribution in [0.5, 0.6) is 5.88 Å². The minimum absolute atomic E-state index is 0.0433. The van der Waals surface area contributed by atoms with Crippen molar-refractivity contribution in [3.8, 4) is 5.88 Å². The van der Waals surface area contributed by atoms with E-state index < -0.39 is 5.95 Å². The molecule has 0 aromatic carbocycles. The Hall–Kier alpha value is -2.37. The summed E-state index contributed by atoms with van der Waals surface area (Å²) < 4.78 is 25.7. The number of halogens is 1. The van der Waals surface area contributed by atoms with Crippen molar-refractivity contribution in [2.24, 2.45) is 0 Å². The Bertz CT molecular complexity index is 891. The highest BCUT2D eigenvalue weighted by Crippen LogP contribution is 2.29. The summed E-state index contributed by atoms with van der Waals surface area (Å²) in [6.07, 6.45) is 2.29. The number of nitrogens with one attached hydrogen (secondary N) is 1. The van der Waals surface area contributed by atoms with Crippen molar-refractivity contribution in [1.82, 2.24) is 19.9 Å². The first kappa shape index (κ1) is 20.9. The number of hydrogen-bond donors (Lipinski definition) is 1. The molecule has 162 valence electrons. The van der Waals surface area contributed by atoms with E-state index in [1.807, 2.05) is 6.07 Å². The summed E-state index contributed by atoms with van der Waals surface area (Å²) >= 11 is 1.16. The van der Waals surface area contributed by atoms with Gasteiger partial charge >= 0.3 is 0 Å². The average Bonchev–Trinajstić information content (AvgIpc) is 3.23. The van der Waals surface area contributed by atoms with Crippen LogP contribution >= 0.6 is 11.3 Å². The lowest BCUT2D eigenvalue weighted by molar-refractivity contribution is -0.114. The van der Waals surface area contributed by atoms with E-state index in [-0.39, 0.29) is 23.2 Å². The molecule has 2 aromatic heterocycles. The second kappa shape index (κ2) is 9.19. The van der Waals surface area contributed by atoms with Crippen molar-refractivity contribution in [1.29, 1.82) is 0 Å². The van der Waals surface area contributed by atoms with E-state index in [0.29, 0.717) is 37.1 Å². The number of carbonyl (C=O) groups is 1. The number of anilines is 2. The molecule has 1 N–H and O–H groups in total. The van der Waals surface area contributed by atoms with Crippen LogP contribution in [0.4, 0.5) is 15.3 Å². The van der Waals surface area contributed by atoms with Gasteiger partial charge in [0.25, 0.3) is 0 Å². The van der Waals surface area contributed by atoms with Gasteiger partial charge in [0.15, 0.2) is 5.13 Å². The zero-order chi connectivity index (χ0) is 21.1. The quantitative estimate of drug-likeness (QED) is 0.734. The molecule has 4 rings (SSSR count). The normalized spacial score (nSPS) is 22.3. The Morgan fingerprint density at radius 3 is 2.97 bits per heavy atom. The molecule has 0 spiro atoms. The number of morpholine rings is 1. The van der Waals surface area contributed by atoms with Gasteiger partial charge in [-0.3, -0.25) is 9.69 Å². The molecule has 0 radical (unpaired) electrons. The van der Waals surface area contributed by atoms with Gasteiger partial charge in [0.05, 0.1) is 18.1 Å². The van der Waals surface area contributed by atoms with Crippen molar-refractivity contribution >= 4 is 28.2 Å². The summed E-state index contributed by atoms with van der Waals surface area (Å²) in [7, 11) is 0. The van der Waals surface area contributed by atoms with Crippen molar-refractivity contribution < 1.29 is 18.7 Å². The largest absolute Gasteiger partial charge is 0.473 e. The van der Waals surface area contributed by atoms with E-state index >= 15 is 0 Å². The highest BCUT2D eigenvalue weighted by Gasteiger charge is 2.32. The molecule has 1 amide bonds. The number of rotatable bonds is 6. The zero-order valence-electron chi connectivity index (χ0n) is 17.0. The molecule has 2 aromatic rings. The Morgan fingerprint density at radius 2 is 2.20 bits per heavy atom. The molecule has 0 aliphatic carbocycles. The highest BCUT2D eigenvalue weighted by molar-refractivity contribution is 7.15. The summed E-state index contributed by atoms with van der Waals surface area (Å²) in [5.74, 6) is 0.580. The number of aromatic nitrogens is 3. The lowest BCUT2D eigenvalue weighted by Gasteiger charge is -2.27. The van der Waals surface area contributed by atoms with E-state index in [4.69, 9.17) is 9.47 Å². The summed E-state index contributed by atoms with van der Waals surface area (Å²) in [5, 5.41) is 2.82. The Balaban J connectivity index is 1.36. The Labute approximate surface area is 178 Å². The number of thiazole rings is 1. The van der Waals surface area contributed by atoms with Crippen molar-refractivity contribution in [3.05, 3.63) is 23.2 Å². The summed E-state index contributed by atoms with van der Waals surface area (Å²) in [6.45, 7) is 7.52. The van der Waals surface area contributed by atoms with Gasteiger partial charge in [-0.15, -0.1) is 0 Å². The Morgan fingerprint density at radius 1 is 1.40 bits per heavy atom. The molecule has 4 heterocycles. The summed E-state index contributed by atoms with van der Waals surface area (Å²) in [5.41, 5.74) is 0. The third kappa shape index (κ3) is 5.02. The molecule has 11 heteroatoms. The maximum atomic E-state index is 14.2. The van der Waals surface area contributed by atoms with E-state index in [2.05, 4.69) is 37.0 Å². The van der Waals surface area contributed by atoms with E-state index in [0.717, 1.165) is 36.7 Å². The van der Waals surface area contributed by atoms with Gasteiger partial charge in [0.2, 0.25) is 17.7 Å². The monoisotopic (exact) mass is 436 g/mol. The lowest BCUT2D eigenvalue weighted by atomic mass is 10.2. The van der Waals surface area contributed by atoms with Gasteiger partial charge in [-0.2, -0.15) is 9.37 Å². The predicted octanol–water partition coefficient (Wildman–Crippen LogP) is 1.91. The molecule has 2 fully saturated rings. The first-order chi connectivity index (χ1) is 14.5. The first-order valence-corrected chi connectivity index (χ1v) is 10.8. The molecule has 2 aliphatic heterocycles. The maximum Gasteiger partial charge on any atom is 0.230 e. The molecule has 2 atom stereocenters. The predicted molar refractivity (Wildman–Crippen MR) is 110 cm³/mol. The van der Waals surface area contributed by atoms with Gasteiger partial charge in [0.1, 0.15) is 18.2 Å². The molecule has 2 aliphatic rings. The van der Waals surface area contributed by atoms with Crippen molar-refractivity contribution in [2.45, 2.75) is 39.0 Å². The smallest absolute Gasteiger partial charge is 0.230 e. The molecule has 9 nitrogen and oxygen atoms in total. The van der Waals surface area contributed by atoms with Gasteiger partial charge in [-0.25, -0.2) is 9.97 Å². The van der Waals surface area contributed by atoms with E-state index in [1.54, 1.807) is 0 Å². The Kier molecular flexibility index (Phi) is 6.40. The van der Waals surface area contributed by atoms with Crippen LogP contribution < -0.4 is 15.0 Å². The van der Waals surface area contributed by atoms with Gasteiger partial charge in [-0.05, 0) is 6.92 Å². The third-order valence-corrected chi connectivity index (χ3v) is 6.13.